The van der Waals surface area contributed by atoms with Crippen LogP contribution in [-0.2, 0) is 11.2 Å². The van der Waals surface area contributed by atoms with E-state index in [-0.39, 0.29) is 5.91 Å². The lowest BCUT2D eigenvalue weighted by Gasteiger charge is -2.12. The molecule has 0 aliphatic rings. The Hall–Kier alpha value is -4.02. The Morgan fingerprint density at radius 3 is 2.30 bits per heavy atom. The van der Waals surface area contributed by atoms with Gasteiger partial charge in [-0.2, -0.15) is 18.3 Å². The van der Waals surface area contributed by atoms with E-state index >= 15 is 0 Å². The standard InChI is InChI=1S/C20H21N3O3.C2HF3O2/c1-25-18-6-4-3-5-14(18)9-10-21-20(24)17-8-7-15(11-19(17)26-2)16-12-22-23-13-16;3-2(4,5)1(6)7/h3-8,11-13H,9-10H2,1-2H3,(H,21,24)(H,22,23);(H,6,7). The molecule has 3 N–H and O–H groups in total. The molecule has 0 radical (unpaired) electrons. The number of carboxylic acids is 1. The number of nitrogens with zero attached hydrogens (tertiary/aromatic N) is 1. The zero-order valence-electron chi connectivity index (χ0n) is 17.8. The molecule has 1 aromatic heterocycles. The highest BCUT2D eigenvalue weighted by molar-refractivity contribution is 5.97. The third-order valence-electron chi connectivity index (χ3n) is 4.39. The van der Waals surface area contributed by atoms with Crippen LogP contribution in [0.25, 0.3) is 11.1 Å². The first-order valence-electron chi connectivity index (χ1n) is 9.54. The summed E-state index contributed by atoms with van der Waals surface area (Å²) >= 11 is 0. The van der Waals surface area contributed by atoms with Crippen LogP contribution in [0.5, 0.6) is 11.5 Å². The van der Waals surface area contributed by atoms with Crippen molar-refractivity contribution >= 4 is 11.9 Å². The number of halogens is 3. The number of amides is 1. The van der Waals surface area contributed by atoms with Crippen molar-refractivity contribution in [2.75, 3.05) is 20.8 Å². The average molecular weight is 465 g/mol. The molecule has 176 valence electrons. The Balaban J connectivity index is 0.000000479. The molecule has 0 saturated carbocycles. The van der Waals surface area contributed by atoms with Gasteiger partial charge in [0.05, 0.1) is 26.0 Å². The number of rotatable bonds is 7. The van der Waals surface area contributed by atoms with Crippen LogP contribution in [0, 0.1) is 0 Å². The number of methoxy groups -OCH3 is 2. The van der Waals surface area contributed by atoms with Gasteiger partial charge in [0.2, 0.25) is 0 Å². The molecular weight excluding hydrogens is 443 g/mol. The molecule has 0 bridgehead atoms. The van der Waals surface area contributed by atoms with Crippen molar-refractivity contribution in [2.24, 2.45) is 0 Å². The monoisotopic (exact) mass is 465 g/mol. The minimum absolute atomic E-state index is 0.171. The summed E-state index contributed by atoms with van der Waals surface area (Å²) in [7, 11) is 3.20. The Morgan fingerprint density at radius 2 is 1.73 bits per heavy atom. The van der Waals surface area contributed by atoms with Gasteiger partial charge in [0.15, 0.2) is 0 Å². The first-order chi connectivity index (χ1) is 15.7. The number of nitrogens with one attached hydrogen (secondary N) is 2. The molecule has 1 heterocycles. The summed E-state index contributed by atoms with van der Waals surface area (Å²) in [5.41, 5.74) is 3.42. The van der Waals surface area contributed by atoms with Crippen molar-refractivity contribution < 1.29 is 37.3 Å². The van der Waals surface area contributed by atoms with E-state index in [1.54, 1.807) is 32.7 Å². The second kappa shape index (κ2) is 11.6. The third kappa shape index (κ3) is 7.27. The fourth-order valence-electron chi connectivity index (χ4n) is 2.78. The Kier molecular flexibility index (Phi) is 8.84. The summed E-state index contributed by atoms with van der Waals surface area (Å²) in [5, 5.41) is 16.8. The first-order valence-corrected chi connectivity index (χ1v) is 9.54. The summed E-state index contributed by atoms with van der Waals surface area (Å²) in [5.74, 6) is -1.58. The van der Waals surface area contributed by atoms with Crippen LogP contribution in [0.15, 0.2) is 54.9 Å². The number of para-hydroxylation sites is 1. The summed E-state index contributed by atoms with van der Waals surface area (Å²) in [6, 6.07) is 13.3. The molecule has 3 aromatic rings. The lowest BCUT2D eigenvalue weighted by molar-refractivity contribution is -0.192. The Morgan fingerprint density at radius 1 is 1.06 bits per heavy atom. The van der Waals surface area contributed by atoms with Gasteiger partial charge >= 0.3 is 12.1 Å². The van der Waals surface area contributed by atoms with Crippen molar-refractivity contribution in [3.05, 3.63) is 66.0 Å². The number of hydrogen-bond donors (Lipinski definition) is 3. The van der Waals surface area contributed by atoms with Gasteiger partial charge in [-0.1, -0.05) is 24.3 Å². The number of carboxylic acid groups (broad SMARTS) is 1. The topological polar surface area (TPSA) is 114 Å². The number of hydrogen-bond acceptors (Lipinski definition) is 5. The number of alkyl halides is 3. The summed E-state index contributed by atoms with van der Waals surface area (Å²) < 4.78 is 42.5. The van der Waals surface area contributed by atoms with Crippen LogP contribution in [0.2, 0.25) is 0 Å². The second-order valence-corrected chi connectivity index (χ2v) is 6.52. The normalized spacial score (nSPS) is 10.6. The number of benzene rings is 2. The molecular formula is C22H22F3N3O5. The highest BCUT2D eigenvalue weighted by Crippen LogP contribution is 2.26. The van der Waals surface area contributed by atoms with Gasteiger partial charge in [-0.15, -0.1) is 0 Å². The van der Waals surface area contributed by atoms with Crippen molar-refractivity contribution in [3.8, 4) is 22.6 Å². The third-order valence-corrected chi connectivity index (χ3v) is 4.39. The lowest BCUT2D eigenvalue weighted by atomic mass is 10.1. The van der Waals surface area contributed by atoms with Gasteiger partial charge < -0.3 is 19.9 Å². The zero-order chi connectivity index (χ0) is 24.4. The van der Waals surface area contributed by atoms with E-state index in [0.29, 0.717) is 24.3 Å². The second-order valence-electron chi connectivity index (χ2n) is 6.52. The number of carbonyl (C=O) groups excluding carboxylic acids is 1. The van der Waals surface area contributed by atoms with Crippen molar-refractivity contribution in [3.63, 3.8) is 0 Å². The highest BCUT2D eigenvalue weighted by Gasteiger charge is 2.38. The smallest absolute Gasteiger partial charge is 0.490 e. The molecule has 0 saturated heterocycles. The molecule has 11 heteroatoms. The van der Waals surface area contributed by atoms with E-state index in [1.807, 2.05) is 36.4 Å². The van der Waals surface area contributed by atoms with E-state index in [4.69, 9.17) is 19.4 Å². The fraction of sp³-hybridized carbons (Fsp3) is 0.227. The predicted octanol–water partition coefficient (Wildman–Crippen LogP) is 3.70. The van der Waals surface area contributed by atoms with E-state index in [1.165, 1.54) is 0 Å². The maximum atomic E-state index is 12.5. The maximum Gasteiger partial charge on any atom is 0.490 e. The minimum atomic E-state index is -5.08. The van der Waals surface area contributed by atoms with Gasteiger partial charge in [0, 0.05) is 18.3 Å². The quantitative estimate of drug-likeness (QED) is 0.490. The molecule has 0 unspecified atom stereocenters. The molecule has 8 nitrogen and oxygen atoms in total. The van der Waals surface area contributed by atoms with Gasteiger partial charge in [0.1, 0.15) is 11.5 Å². The van der Waals surface area contributed by atoms with E-state index < -0.39 is 12.1 Å². The molecule has 0 fully saturated rings. The number of carbonyl (C=O) groups is 2. The average Bonchev–Trinajstić information content (AvgIpc) is 3.33. The van der Waals surface area contributed by atoms with Crippen molar-refractivity contribution in [2.45, 2.75) is 12.6 Å². The summed E-state index contributed by atoms with van der Waals surface area (Å²) in [6.07, 6.45) is -0.880. The van der Waals surface area contributed by atoms with Crippen molar-refractivity contribution in [1.82, 2.24) is 15.5 Å². The SMILES string of the molecule is COc1ccccc1CCNC(=O)c1ccc(-c2cn[nH]c2)cc1OC.O=C(O)C(F)(F)F. The van der Waals surface area contributed by atoms with Crippen LogP contribution in [-0.4, -0.2) is 54.1 Å². The number of H-pyrrole nitrogens is 1. The molecule has 2 aromatic carbocycles. The molecule has 0 spiro atoms. The molecule has 0 atom stereocenters. The number of aromatic amines is 1. The predicted molar refractivity (Wildman–Crippen MR) is 113 cm³/mol. The van der Waals surface area contributed by atoms with Gasteiger partial charge in [-0.3, -0.25) is 9.89 Å². The largest absolute Gasteiger partial charge is 0.496 e. The van der Waals surface area contributed by atoms with Crippen LogP contribution in [0.3, 0.4) is 0 Å². The first kappa shape index (κ1) is 25.2. The van der Waals surface area contributed by atoms with Gasteiger partial charge in [-0.05, 0) is 35.7 Å². The molecule has 0 aliphatic carbocycles. The van der Waals surface area contributed by atoms with Crippen LogP contribution < -0.4 is 14.8 Å². The molecule has 1 amide bonds. The highest BCUT2D eigenvalue weighted by atomic mass is 19.4. The lowest BCUT2D eigenvalue weighted by Crippen LogP contribution is -2.26. The van der Waals surface area contributed by atoms with E-state index in [0.717, 1.165) is 22.4 Å². The minimum Gasteiger partial charge on any atom is -0.496 e. The van der Waals surface area contributed by atoms with Crippen LogP contribution in [0.1, 0.15) is 15.9 Å². The van der Waals surface area contributed by atoms with Crippen LogP contribution in [0.4, 0.5) is 13.2 Å². The van der Waals surface area contributed by atoms with Gasteiger partial charge in [0.25, 0.3) is 5.91 Å². The number of aliphatic carboxylic acids is 1. The molecule has 33 heavy (non-hydrogen) atoms. The summed E-state index contributed by atoms with van der Waals surface area (Å²) in [6.45, 7) is 0.506. The van der Waals surface area contributed by atoms with Gasteiger partial charge in [-0.25, -0.2) is 4.79 Å². The Labute approximate surface area is 187 Å². The number of ether oxygens (including phenoxy) is 2. The van der Waals surface area contributed by atoms with Crippen molar-refractivity contribution in [1.29, 1.82) is 0 Å². The molecule has 0 aliphatic heterocycles. The Bertz CT molecular complexity index is 1070. The van der Waals surface area contributed by atoms with Crippen LogP contribution >= 0.6 is 0 Å². The maximum absolute atomic E-state index is 12.5. The zero-order valence-corrected chi connectivity index (χ0v) is 17.8. The number of aromatic nitrogens is 2. The molecule has 3 rings (SSSR count). The fourth-order valence-corrected chi connectivity index (χ4v) is 2.78. The van der Waals surface area contributed by atoms with E-state index in [2.05, 4.69) is 15.5 Å². The summed E-state index contributed by atoms with van der Waals surface area (Å²) in [4.78, 5) is 21.4. The van der Waals surface area contributed by atoms with E-state index in [9.17, 15) is 18.0 Å².